The number of imide groups is 1. The summed E-state index contributed by atoms with van der Waals surface area (Å²) in [6.45, 7) is 3.91. The smallest absolute Gasteiger partial charge is 0.283 e. The number of amides is 2. The molecule has 0 atom stereocenters. The van der Waals surface area contributed by atoms with Gasteiger partial charge in [-0.15, -0.1) is 0 Å². The molecule has 3 aromatic rings. The molecule has 0 saturated heterocycles. The zero-order valence-electron chi connectivity index (χ0n) is 17.4. The Kier molecular flexibility index (Phi) is 5.90. The highest BCUT2D eigenvalue weighted by atomic mass is 35.5. The van der Waals surface area contributed by atoms with E-state index < -0.39 is 0 Å². The Labute approximate surface area is 191 Å². The second-order valence-electron chi connectivity index (χ2n) is 7.42. The first-order valence-electron chi connectivity index (χ1n) is 9.78. The Morgan fingerprint density at radius 2 is 1.45 bits per heavy atom. The molecule has 0 unspecified atom stereocenters. The van der Waals surface area contributed by atoms with Crippen LogP contribution >= 0.6 is 23.4 Å². The van der Waals surface area contributed by atoms with Crippen molar-refractivity contribution >= 4 is 46.6 Å². The summed E-state index contributed by atoms with van der Waals surface area (Å²) in [6.07, 6.45) is 0. The number of anilines is 2. The van der Waals surface area contributed by atoms with E-state index in [2.05, 4.69) is 0 Å². The Morgan fingerprint density at radius 1 is 0.839 bits per heavy atom. The molecule has 156 valence electrons. The van der Waals surface area contributed by atoms with E-state index >= 15 is 0 Å². The van der Waals surface area contributed by atoms with Gasteiger partial charge in [0, 0.05) is 22.7 Å². The lowest BCUT2D eigenvalue weighted by atomic mass is 10.1. The third-order valence-corrected chi connectivity index (χ3v) is 6.33. The van der Waals surface area contributed by atoms with Gasteiger partial charge >= 0.3 is 0 Å². The van der Waals surface area contributed by atoms with E-state index in [1.807, 2.05) is 81.6 Å². The first kappa shape index (κ1) is 21.2. The summed E-state index contributed by atoms with van der Waals surface area (Å²) in [5.41, 5.74) is 3.75. The number of likely N-dealkylation sites (N-methyl/N-ethyl adjacent to an activating group) is 1. The molecule has 0 aromatic heterocycles. The normalized spacial score (nSPS) is 13.9. The molecule has 3 aromatic carbocycles. The quantitative estimate of drug-likeness (QED) is 0.451. The number of hydrogen-bond donors (Lipinski definition) is 0. The average molecular weight is 449 g/mol. The number of aryl methyl sites for hydroxylation is 2. The predicted molar refractivity (Wildman–Crippen MR) is 128 cm³/mol. The van der Waals surface area contributed by atoms with Crippen LogP contribution in [0.3, 0.4) is 0 Å². The van der Waals surface area contributed by atoms with Gasteiger partial charge in [-0.3, -0.25) is 9.59 Å². The molecule has 31 heavy (non-hydrogen) atoms. The summed E-state index contributed by atoms with van der Waals surface area (Å²) in [5, 5.41) is 0.616. The molecule has 1 aliphatic heterocycles. The molecule has 4 rings (SSSR count). The minimum Gasteiger partial charge on any atom is -0.339 e. The Bertz CT molecular complexity index is 1170. The van der Waals surface area contributed by atoms with Crippen LogP contribution in [-0.4, -0.2) is 18.9 Å². The molecule has 0 aliphatic carbocycles. The van der Waals surface area contributed by atoms with Gasteiger partial charge in [0.05, 0.1) is 5.69 Å². The van der Waals surface area contributed by atoms with E-state index in [1.165, 1.54) is 16.7 Å². The number of carbonyl (C=O) groups excluding carboxylic acids is 2. The van der Waals surface area contributed by atoms with Crippen molar-refractivity contribution in [2.24, 2.45) is 0 Å². The van der Waals surface area contributed by atoms with E-state index in [0.717, 1.165) is 21.7 Å². The molecule has 0 radical (unpaired) electrons. The van der Waals surface area contributed by atoms with Crippen LogP contribution in [0.1, 0.15) is 11.1 Å². The molecule has 0 fully saturated rings. The summed E-state index contributed by atoms with van der Waals surface area (Å²) in [5.74, 6) is -0.662. The lowest BCUT2D eigenvalue weighted by molar-refractivity contribution is -0.120. The van der Waals surface area contributed by atoms with Crippen LogP contribution in [-0.2, 0) is 9.59 Å². The fourth-order valence-electron chi connectivity index (χ4n) is 3.60. The average Bonchev–Trinajstić information content (AvgIpc) is 2.98. The first-order chi connectivity index (χ1) is 14.8. The summed E-state index contributed by atoms with van der Waals surface area (Å²) in [7, 11) is 1.81. The third-order valence-electron chi connectivity index (χ3n) is 5.00. The number of rotatable bonds is 5. The third kappa shape index (κ3) is 4.24. The first-order valence-corrected chi connectivity index (χ1v) is 11.0. The lowest BCUT2D eigenvalue weighted by Gasteiger charge is -2.21. The predicted octanol–water partition coefficient (Wildman–Crippen LogP) is 5.97. The maximum absolute atomic E-state index is 13.6. The van der Waals surface area contributed by atoms with Gasteiger partial charge in [0.25, 0.3) is 11.8 Å². The molecule has 1 heterocycles. The van der Waals surface area contributed by atoms with Crippen molar-refractivity contribution in [1.29, 1.82) is 0 Å². The van der Waals surface area contributed by atoms with Crippen molar-refractivity contribution in [1.82, 2.24) is 0 Å². The summed E-state index contributed by atoms with van der Waals surface area (Å²) in [4.78, 5) is 31.4. The zero-order valence-corrected chi connectivity index (χ0v) is 19.0. The largest absolute Gasteiger partial charge is 0.339 e. The Hall–Kier alpha value is -3.02. The van der Waals surface area contributed by atoms with Crippen molar-refractivity contribution in [3.63, 3.8) is 0 Å². The second kappa shape index (κ2) is 8.61. The van der Waals surface area contributed by atoms with E-state index in [1.54, 1.807) is 17.0 Å². The van der Waals surface area contributed by atoms with E-state index in [9.17, 15) is 9.59 Å². The van der Waals surface area contributed by atoms with Crippen LogP contribution in [0.4, 0.5) is 11.4 Å². The van der Waals surface area contributed by atoms with Crippen molar-refractivity contribution in [3.8, 4) is 0 Å². The van der Waals surface area contributed by atoms with Crippen LogP contribution in [0.15, 0.2) is 88.3 Å². The number of carbonyl (C=O) groups is 2. The summed E-state index contributed by atoms with van der Waals surface area (Å²) in [6, 6.07) is 22.5. The number of para-hydroxylation sites is 1. The van der Waals surface area contributed by atoms with Crippen molar-refractivity contribution in [2.75, 3.05) is 16.8 Å². The van der Waals surface area contributed by atoms with E-state index in [0.29, 0.717) is 21.3 Å². The van der Waals surface area contributed by atoms with Crippen molar-refractivity contribution < 1.29 is 9.59 Å². The summed E-state index contributed by atoms with van der Waals surface area (Å²) >= 11 is 7.29. The van der Waals surface area contributed by atoms with Crippen molar-refractivity contribution in [3.05, 3.63) is 99.5 Å². The minimum absolute atomic E-state index is 0.326. The van der Waals surface area contributed by atoms with Gasteiger partial charge in [-0.05, 0) is 73.5 Å². The van der Waals surface area contributed by atoms with Crippen LogP contribution in [0.2, 0.25) is 5.02 Å². The molecule has 0 saturated carbocycles. The minimum atomic E-state index is -0.335. The number of thioether (sulfide) groups is 1. The van der Waals surface area contributed by atoms with E-state index in [-0.39, 0.29) is 11.8 Å². The topological polar surface area (TPSA) is 40.6 Å². The molecule has 1 aliphatic rings. The lowest BCUT2D eigenvalue weighted by Crippen LogP contribution is -2.34. The zero-order chi connectivity index (χ0) is 22.1. The Balaban J connectivity index is 1.81. The highest BCUT2D eigenvalue weighted by Crippen LogP contribution is 2.40. The van der Waals surface area contributed by atoms with Gasteiger partial charge in [0.2, 0.25) is 0 Å². The standard InChI is InChI=1S/C25H21ClN2O2S/c1-16-13-17(2)15-20(14-16)28-24(29)22(27(3)19-7-5-4-6-8-19)23(25(28)30)31-21-11-9-18(26)10-12-21/h4-15H,1-3H3. The van der Waals surface area contributed by atoms with Gasteiger partial charge < -0.3 is 4.90 Å². The second-order valence-corrected chi connectivity index (χ2v) is 8.94. The molecular weight excluding hydrogens is 428 g/mol. The van der Waals surface area contributed by atoms with Crippen LogP contribution in [0.25, 0.3) is 0 Å². The Morgan fingerprint density at radius 3 is 2.06 bits per heavy atom. The maximum Gasteiger partial charge on any atom is 0.283 e. The van der Waals surface area contributed by atoms with Gasteiger partial charge in [0.1, 0.15) is 10.6 Å². The van der Waals surface area contributed by atoms with Gasteiger partial charge in [-0.2, -0.15) is 0 Å². The van der Waals surface area contributed by atoms with E-state index in [4.69, 9.17) is 11.6 Å². The van der Waals surface area contributed by atoms with Crippen LogP contribution < -0.4 is 9.80 Å². The molecule has 0 bridgehead atoms. The molecule has 6 heteroatoms. The van der Waals surface area contributed by atoms with Crippen LogP contribution in [0.5, 0.6) is 0 Å². The maximum atomic E-state index is 13.6. The fraction of sp³-hybridized carbons (Fsp3) is 0.120. The van der Waals surface area contributed by atoms with Crippen molar-refractivity contribution in [2.45, 2.75) is 18.7 Å². The number of halogens is 1. The highest BCUT2D eigenvalue weighted by molar-refractivity contribution is 8.04. The number of hydrogen-bond acceptors (Lipinski definition) is 4. The van der Waals surface area contributed by atoms with Gasteiger partial charge in [0.15, 0.2) is 0 Å². The fourth-order valence-corrected chi connectivity index (χ4v) is 4.73. The van der Waals surface area contributed by atoms with Crippen LogP contribution in [0, 0.1) is 13.8 Å². The van der Waals surface area contributed by atoms with Gasteiger partial charge in [-0.1, -0.05) is 47.6 Å². The monoisotopic (exact) mass is 448 g/mol. The molecule has 2 amide bonds. The molecule has 0 spiro atoms. The molecular formula is C25H21ClN2O2S. The number of nitrogens with zero attached hydrogens (tertiary/aromatic N) is 2. The molecule has 4 nitrogen and oxygen atoms in total. The molecule has 0 N–H and O–H groups in total. The number of benzene rings is 3. The van der Waals surface area contributed by atoms with Gasteiger partial charge in [-0.25, -0.2) is 4.90 Å². The SMILES string of the molecule is Cc1cc(C)cc(N2C(=O)C(Sc3ccc(Cl)cc3)=C(N(C)c3ccccc3)C2=O)c1. The summed E-state index contributed by atoms with van der Waals surface area (Å²) < 4.78 is 0. The highest BCUT2D eigenvalue weighted by Gasteiger charge is 2.42.